The predicted octanol–water partition coefficient (Wildman–Crippen LogP) is 15.6. The maximum absolute atomic E-state index is 12.6. The van der Waals surface area contributed by atoms with Crippen molar-refractivity contribution in [3.05, 3.63) is 146 Å². The van der Waals surface area contributed by atoms with Gasteiger partial charge in [0.25, 0.3) is 0 Å². The highest BCUT2D eigenvalue weighted by atomic mass is 31.2. The molecule has 0 rings (SSSR count). The first-order chi connectivity index (χ1) is 32.8. The van der Waals surface area contributed by atoms with Crippen LogP contribution in [0.5, 0.6) is 0 Å². The Hall–Kier alpha value is -4.11. The number of ether oxygens (including phenoxy) is 2. The lowest BCUT2D eigenvalue weighted by Gasteiger charge is -2.19. The van der Waals surface area contributed by atoms with Crippen LogP contribution in [0.3, 0.4) is 0 Å². The van der Waals surface area contributed by atoms with Crippen LogP contribution >= 0.6 is 7.82 Å². The number of hydrogen-bond acceptors (Lipinski definition) is 8. The van der Waals surface area contributed by atoms with Crippen LogP contribution in [-0.2, 0) is 32.7 Å². The van der Waals surface area contributed by atoms with E-state index in [4.69, 9.17) is 24.3 Å². The molecular formula is C57H90NO8P. The van der Waals surface area contributed by atoms with Gasteiger partial charge in [-0.25, -0.2) is 4.57 Å². The van der Waals surface area contributed by atoms with E-state index in [1.54, 1.807) is 0 Å². The van der Waals surface area contributed by atoms with Crippen molar-refractivity contribution in [2.24, 2.45) is 5.73 Å². The summed E-state index contributed by atoms with van der Waals surface area (Å²) < 4.78 is 32.8. The van der Waals surface area contributed by atoms with Crippen LogP contribution in [0.4, 0.5) is 0 Å². The molecule has 0 aliphatic heterocycles. The molecule has 0 aromatic heterocycles. The molecule has 0 radical (unpaired) electrons. The number of carbonyl (C=O) groups excluding carboxylic acids is 2. The van der Waals surface area contributed by atoms with Crippen molar-refractivity contribution in [3.8, 4) is 0 Å². The molecular weight excluding hydrogens is 858 g/mol. The van der Waals surface area contributed by atoms with E-state index in [1.807, 2.05) is 0 Å². The number of phosphoric acid groups is 1. The topological polar surface area (TPSA) is 134 Å². The van der Waals surface area contributed by atoms with E-state index in [-0.39, 0.29) is 32.6 Å². The zero-order valence-corrected chi connectivity index (χ0v) is 42.5. The molecule has 0 saturated heterocycles. The Morgan fingerprint density at radius 2 is 0.776 bits per heavy atom. The lowest BCUT2D eigenvalue weighted by molar-refractivity contribution is -0.161. The molecule has 376 valence electrons. The minimum atomic E-state index is -4.40. The number of nitrogens with two attached hydrogens (primary N) is 1. The van der Waals surface area contributed by atoms with E-state index in [0.29, 0.717) is 12.8 Å². The number of rotatable bonds is 45. The molecule has 0 spiro atoms. The highest BCUT2D eigenvalue weighted by Gasteiger charge is 2.26. The van der Waals surface area contributed by atoms with E-state index in [2.05, 4.69) is 160 Å². The van der Waals surface area contributed by atoms with Crippen molar-refractivity contribution >= 4 is 19.8 Å². The van der Waals surface area contributed by atoms with Crippen LogP contribution in [0.25, 0.3) is 0 Å². The smallest absolute Gasteiger partial charge is 0.462 e. The van der Waals surface area contributed by atoms with Gasteiger partial charge in [0.2, 0.25) is 0 Å². The fourth-order valence-electron chi connectivity index (χ4n) is 6.05. The van der Waals surface area contributed by atoms with Crippen LogP contribution in [0, 0.1) is 0 Å². The van der Waals surface area contributed by atoms with Crippen molar-refractivity contribution in [3.63, 3.8) is 0 Å². The largest absolute Gasteiger partial charge is 0.472 e. The van der Waals surface area contributed by atoms with E-state index < -0.39 is 32.5 Å². The molecule has 2 atom stereocenters. The molecule has 3 N–H and O–H groups in total. The number of allylic oxidation sites excluding steroid dienone is 24. The lowest BCUT2D eigenvalue weighted by Crippen LogP contribution is -2.29. The quantitative estimate of drug-likeness (QED) is 0.0265. The highest BCUT2D eigenvalue weighted by molar-refractivity contribution is 7.47. The third kappa shape index (κ3) is 51.1. The van der Waals surface area contributed by atoms with Crippen molar-refractivity contribution in [1.29, 1.82) is 0 Å². The maximum Gasteiger partial charge on any atom is 0.472 e. The van der Waals surface area contributed by atoms with Crippen molar-refractivity contribution < 1.29 is 37.6 Å². The molecule has 0 heterocycles. The van der Waals surface area contributed by atoms with E-state index in [1.165, 1.54) is 0 Å². The van der Waals surface area contributed by atoms with Crippen molar-refractivity contribution in [2.75, 3.05) is 26.4 Å². The van der Waals surface area contributed by atoms with Gasteiger partial charge in [0.05, 0.1) is 13.2 Å². The van der Waals surface area contributed by atoms with Crippen molar-refractivity contribution in [2.45, 2.75) is 174 Å². The second-order valence-electron chi connectivity index (χ2n) is 15.9. The molecule has 0 aliphatic rings. The van der Waals surface area contributed by atoms with E-state index in [0.717, 1.165) is 128 Å². The maximum atomic E-state index is 12.6. The van der Waals surface area contributed by atoms with Crippen molar-refractivity contribution in [1.82, 2.24) is 0 Å². The number of unbranched alkanes of at least 4 members (excludes halogenated alkanes) is 8. The Labute approximate surface area is 407 Å². The van der Waals surface area contributed by atoms with Gasteiger partial charge in [-0.3, -0.25) is 18.6 Å². The average Bonchev–Trinajstić information content (AvgIpc) is 3.32. The molecule has 0 aromatic rings. The number of carbonyl (C=O) groups is 2. The molecule has 10 heteroatoms. The average molecular weight is 948 g/mol. The minimum absolute atomic E-state index is 0.0371. The normalized spacial score (nSPS) is 14.4. The Morgan fingerprint density at radius 3 is 1.16 bits per heavy atom. The van der Waals surface area contributed by atoms with Crippen LogP contribution in [0.1, 0.15) is 168 Å². The first kappa shape index (κ1) is 62.9. The highest BCUT2D eigenvalue weighted by Crippen LogP contribution is 2.43. The first-order valence-electron chi connectivity index (χ1n) is 25.3. The van der Waals surface area contributed by atoms with Gasteiger partial charge in [-0.1, -0.05) is 185 Å². The van der Waals surface area contributed by atoms with Gasteiger partial charge in [0.1, 0.15) is 6.61 Å². The predicted molar refractivity (Wildman–Crippen MR) is 283 cm³/mol. The number of phosphoric ester groups is 1. The lowest BCUT2D eigenvalue weighted by atomic mass is 10.1. The first-order valence-corrected chi connectivity index (χ1v) is 26.8. The zero-order valence-electron chi connectivity index (χ0n) is 41.6. The van der Waals surface area contributed by atoms with Gasteiger partial charge in [-0.2, -0.15) is 0 Å². The molecule has 0 saturated carbocycles. The minimum Gasteiger partial charge on any atom is -0.462 e. The molecule has 0 fully saturated rings. The van der Waals surface area contributed by atoms with Crippen LogP contribution in [-0.4, -0.2) is 49.3 Å². The summed E-state index contributed by atoms with van der Waals surface area (Å²) in [7, 11) is -4.40. The molecule has 0 amide bonds. The van der Waals surface area contributed by atoms with E-state index in [9.17, 15) is 19.0 Å². The summed E-state index contributed by atoms with van der Waals surface area (Å²) in [6, 6.07) is 0. The summed E-state index contributed by atoms with van der Waals surface area (Å²) in [5.41, 5.74) is 5.35. The molecule has 0 aliphatic carbocycles. The van der Waals surface area contributed by atoms with Gasteiger partial charge in [-0.05, 0) is 116 Å². The van der Waals surface area contributed by atoms with E-state index >= 15 is 0 Å². The zero-order chi connectivity index (χ0) is 48.8. The van der Waals surface area contributed by atoms with Crippen LogP contribution in [0.15, 0.2) is 146 Å². The third-order valence-corrected chi connectivity index (χ3v) is 10.7. The van der Waals surface area contributed by atoms with Gasteiger partial charge >= 0.3 is 19.8 Å². The Bertz CT molecular complexity index is 1600. The summed E-state index contributed by atoms with van der Waals surface area (Å²) >= 11 is 0. The SMILES string of the molecule is CC/C=C\C/C=C\C/C=C\C/C=C\C/C=C\C/C=C\C/C=C\C/C=C\C/C=C\CCCCCCCC(=O)OC(COC(=O)CCCCC/C=C\C/C=C\C/C=C\CC)COP(=O)(O)OCCN. The van der Waals surface area contributed by atoms with Gasteiger partial charge in [0, 0.05) is 19.4 Å². The summed E-state index contributed by atoms with van der Waals surface area (Å²) in [5, 5.41) is 0. The molecule has 2 unspecified atom stereocenters. The second-order valence-corrected chi connectivity index (χ2v) is 17.4. The Balaban J connectivity index is 4.13. The van der Waals surface area contributed by atoms with Crippen LogP contribution < -0.4 is 5.73 Å². The van der Waals surface area contributed by atoms with Crippen LogP contribution in [0.2, 0.25) is 0 Å². The fourth-order valence-corrected chi connectivity index (χ4v) is 6.82. The van der Waals surface area contributed by atoms with Gasteiger partial charge in [0.15, 0.2) is 6.10 Å². The summed E-state index contributed by atoms with van der Waals surface area (Å²) in [6.07, 6.45) is 73.3. The number of hydrogen-bond donors (Lipinski definition) is 2. The Morgan fingerprint density at radius 1 is 0.448 bits per heavy atom. The summed E-state index contributed by atoms with van der Waals surface area (Å²) in [5.74, 6) is -0.901. The fraction of sp³-hybridized carbons (Fsp3) is 0.544. The molecule has 0 aromatic carbocycles. The molecule has 0 bridgehead atoms. The summed E-state index contributed by atoms with van der Waals surface area (Å²) in [6.45, 7) is 3.41. The Kier molecular flexibility index (Phi) is 48.1. The molecule has 9 nitrogen and oxygen atoms in total. The molecule has 67 heavy (non-hydrogen) atoms. The second kappa shape index (κ2) is 51.3. The number of esters is 2. The van der Waals surface area contributed by atoms with Gasteiger partial charge in [-0.15, -0.1) is 0 Å². The third-order valence-electron chi connectivity index (χ3n) is 9.72. The monoisotopic (exact) mass is 948 g/mol. The summed E-state index contributed by atoms with van der Waals surface area (Å²) in [4.78, 5) is 35.0. The standard InChI is InChI=1S/C57H90NO8P/c1-3-5-7-9-11-13-15-17-18-19-20-21-22-23-24-25-26-27-28-29-30-31-32-33-34-35-36-38-40-42-44-46-48-50-57(60)66-55(54-65-67(61,62)64-52-51-58)53-63-56(59)49-47-45-43-41-39-37-16-14-12-10-8-6-4-2/h5-8,11-14,17-18,20-21,23-24,26-27,29-30,32-33,35-37,39,55H,3-4,9-10,15-16,19,22,25,28,31,34,38,40-54,58H2,1-2H3,(H,61,62)/b7-5-,8-6-,13-11-,14-12-,18-17-,21-20-,24-23-,27-26-,30-29-,33-32-,36-35-,39-37-. The van der Waals surface area contributed by atoms with Gasteiger partial charge < -0.3 is 20.1 Å².